The van der Waals surface area contributed by atoms with E-state index in [0.29, 0.717) is 11.3 Å². The Kier molecular flexibility index (Phi) is 4.16. The van der Waals surface area contributed by atoms with Crippen LogP contribution in [-0.2, 0) is 16.9 Å². The van der Waals surface area contributed by atoms with Crippen LogP contribution in [0.5, 0.6) is 5.75 Å². The van der Waals surface area contributed by atoms with Crippen molar-refractivity contribution < 1.29 is 33.4 Å². The van der Waals surface area contributed by atoms with Gasteiger partial charge in [-0.25, -0.2) is 14.6 Å². The molecule has 11 nitrogen and oxygen atoms in total. The number of hydrogen-bond donors (Lipinski definition) is 3. The van der Waals surface area contributed by atoms with Crippen molar-refractivity contribution in [3.05, 3.63) is 59.0 Å². The zero-order chi connectivity index (χ0) is 22.6. The third-order valence-corrected chi connectivity index (χ3v) is 5.58. The van der Waals surface area contributed by atoms with Gasteiger partial charge in [-0.15, -0.1) is 0 Å². The van der Waals surface area contributed by atoms with Gasteiger partial charge in [0.1, 0.15) is 22.7 Å². The predicted molar refractivity (Wildman–Crippen MR) is 107 cm³/mol. The van der Waals surface area contributed by atoms with Crippen LogP contribution in [0.3, 0.4) is 0 Å². The Morgan fingerprint density at radius 3 is 2.75 bits per heavy atom. The molecule has 1 fully saturated rings. The fourth-order valence-electron chi connectivity index (χ4n) is 3.99. The van der Waals surface area contributed by atoms with Gasteiger partial charge in [-0.05, 0) is 29.8 Å². The molecular formula is C21H16N4O7. The number of ether oxygens (including phenoxy) is 1. The van der Waals surface area contributed by atoms with E-state index in [9.17, 15) is 19.2 Å². The average Bonchev–Trinajstić information content (AvgIpc) is 3.41. The highest BCUT2D eigenvalue weighted by atomic mass is 16.5. The smallest absolute Gasteiger partial charge is 0.354 e. The van der Waals surface area contributed by atoms with Gasteiger partial charge >= 0.3 is 12.0 Å². The van der Waals surface area contributed by atoms with E-state index in [1.54, 1.807) is 18.2 Å². The van der Waals surface area contributed by atoms with Gasteiger partial charge in [0, 0.05) is 18.2 Å². The highest BCUT2D eigenvalue weighted by molar-refractivity contribution is 6.08. The van der Waals surface area contributed by atoms with Gasteiger partial charge in [-0.3, -0.25) is 14.9 Å². The molecule has 11 heteroatoms. The molecule has 2 aliphatic rings. The van der Waals surface area contributed by atoms with Crippen molar-refractivity contribution in [1.29, 1.82) is 0 Å². The Balaban J connectivity index is 1.55. The summed E-state index contributed by atoms with van der Waals surface area (Å²) < 4.78 is 11.0. The molecule has 0 aliphatic carbocycles. The van der Waals surface area contributed by atoms with Crippen LogP contribution >= 0.6 is 0 Å². The molecule has 0 unspecified atom stereocenters. The van der Waals surface area contributed by atoms with E-state index in [2.05, 4.69) is 15.6 Å². The lowest BCUT2D eigenvalue weighted by Crippen LogP contribution is -2.52. The number of aromatic carboxylic acids is 1. The fraction of sp³-hybridized carbons (Fsp3) is 0.190. The normalized spacial score (nSPS) is 19.8. The Labute approximate surface area is 180 Å². The molecule has 5 rings (SSSR count). The van der Waals surface area contributed by atoms with Crippen LogP contribution in [0.25, 0.3) is 11.1 Å². The number of urea groups is 1. The SMILES string of the molecule is COc1ccc2c(c1)C(=O)N(C[C@@]1(c3cc4nc(C(=O)O)ccc4o3)NC(=O)NC1=O)C2. The first-order chi connectivity index (χ1) is 15.3. The maximum atomic E-state index is 13.0. The third-order valence-electron chi connectivity index (χ3n) is 5.58. The number of nitrogens with zero attached hydrogens (tertiary/aromatic N) is 2. The van der Waals surface area contributed by atoms with Crippen LogP contribution in [0.1, 0.15) is 32.2 Å². The van der Waals surface area contributed by atoms with Crippen molar-refractivity contribution in [3.8, 4) is 5.75 Å². The zero-order valence-corrected chi connectivity index (χ0v) is 16.7. The summed E-state index contributed by atoms with van der Waals surface area (Å²) in [6.45, 7) is 0.0245. The summed E-state index contributed by atoms with van der Waals surface area (Å²) >= 11 is 0. The molecule has 1 aromatic carbocycles. The molecule has 32 heavy (non-hydrogen) atoms. The van der Waals surface area contributed by atoms with Gasteiger partial charge in [0.05, 0.1) is 13.7 Å². The molecule has 1 saturated heterocycles. The number of carboxylic acid groups (broad SMARTS) is 1. The van der Waals surface area contributed by atoms with Crippen molar-refractivity contribution in [1.82, 2.24) is 20.5 Å². The minimum absolute atomic E-state index is 0.0345. The number of rotatable bonds is 5. The summed E-state index contributed by atoms with van der Waals surface area (Å²) in [5.74, 6) is -1.67. The van der Waals surface area contributed by atoms with Crippen molar-refractivity contribution in [2.75, 3.05) is 13.7 Å². The summed E-state index contributed by atoms with van der Waals surface area (Å²) in [6.07, 6.45) is 0. The Morgan fingerprint density at radius 1 is 1.25 bits per heavy atom. The van der Waals surface area contributed by atoms with E-state index in [0.717, 1.165) is 5.56 Å². The summed E-state index contributed by atoms with van der Waals surface area (Å²) in [5, 5.41) is 13.9. The highest BCUT2D eigenvalue weighted by Crippen LogP contribution is 2.34. The molecule has 4 heterocycles. The molecule has 4 amide bonds. The molecule has 1 atom stereocenters. The molecule has 2 aliphatic heterocycles. The second-order valence-electron chi connectivity index (χ2n) is 7.49. The molecule has 0 spiro atoms. The minimum Gasteiger partial charge on any atom is -0.497 e. The van der Waals surface area contributed by atoms with E-state index in [-0.39, 0.29) is 41.6 Å². The zero-order valence-electron chi connectivity index (χ0n) is 16.7. The molecule has 2 aromatic heterocycles. The first kappa shape index (κ1) is 19.5. The second-order valence-corrected chi connectivity index (χ2v) is 7.49. The van der Waals surface area contributed by atoms with Crippen LogP contribution in [0, 0.1) is 0 Å². The lowest BCUT2D eigenvalue weighted by molar-refractivity contribution is -0.125. The number of methoxy groups -OCH3 is 1. The van der Waals surface area contributed by atoms with Crippen molar-refractivity contribution in [3.63, 3.8) is 0 Å². The van der Waals surface area contributed by atoms with Crippen molar-refractivity contribution in [2.45, 2.75) is 12.1 Å². The largest absolute Gasteiger partial charge is 0.497 e. The summed E-state index contributed by atoms with van der Waals surface area (Å²) in [7, 11) is 1.50. The number of amides is 4. The maximum Gasteiger partial charge on any atom is 0.354 e. The quantitative estimate of drug-likeness (QED) is 0.505. The van der Waals surface area contributed by atoms with E-state index in [1.165, 1.54) is 30.2 Å². The van der Waals surface area contributed by atoms with E-state index in [1.807, 2.05) is 0 Å². The van der Waals surface area contributed by atoms with Crippen LogP contribution in [0.2, 0.25) is 0 Å². The van der Waals surface area contributed by atoms with Gasteiger partial charge in [-0.2, -0.15) is 0 Å². The topological polar surface area (TPSA) is 151 Å². The summed E-state index contributed by atoms with van der Waals surface area (Å²) in [6, 6.07) is 8.47. The van der Waals surface area contributed by atoms with Crippen molar-refractivity contribution >= 4 is 34.9 Å². The predicted octanol–water partition coefficient (Wildman–Crippen LogP) is 1.23. The molecular weight excluding hydrogens is 420 g/mol. The summed E-state index contributed by atoms with van der Waals surface area (Å²) in [4.78, 5) is 54.6. The number of carbonyl (C=O) groups is 4. The number of furan rings is 1. The first-order valence-corrected chi connectivity index (χ1v) is 9.55. The molecule has 162 valence electrons. The van der Waals surface area contributed by atoms with Gasteiger partial charge in [0.2, 0.25) is 0 Å². The van der Waals surface area contributed by atoms with Gasteiger partial charge in [-0.1, -0.05) is 6.07 Å². The van der Waals surface area contributed by atoms with Gasteiger partial charge < -0.3 is 24.5 Å². The standard InChI is InChI=1S/C21H16N4O7/c1-31-11-3-2-10-8-25(17(26)12(10)6-11)9-21(19(29)23-20(30)24-21)16-7-14-15(32-16)5-4-13(22-14)18(27)28/h2-7H,8-9H2,1H3,(H,27,28)(H2,23,24,29,30)/t21-/m0/s1. The number of nitrogens with one attached hydrogen (secondary N) is 2. The molecule has 0 radical (unpaired) electrons. The number of pyridine rings is 1. The Bertz CT molecular complexity index is 1330. The highest BCUT2D eigenvalue weighted by Gasteiger charge is 2.53. The number of benzene rings is 1. The van der Waals surface area contributed by atoms with E-state index >= 15 is 0 Å². The summed E-state index contributed by atoms with van der Waals surface area (Å²) in [5.41, 5.74) is -0.260. The number of carbonyl (C=O) groups excluding carboxylic acids is 3. The van der Waals surface area contributed by atoms with Crippen LogP contribution in [0.15, 0.2) is 40.8 Å². The molecule has 0 saturated carbocycles. The van der Waals surface area contributed by atoms with Crippen LogP contribution in [0.4, 0.5) is 4.79 Å². The number of carboxylic acids is 1. The third kappa shape index (κ3) is 2.86. The Morgan fingerprint density at radius 2 is 2.06 bits per heavy atom. The number of imide groups is 1. The lowest BCUT2D eigenvalue weighted by Gasteiger charge is -2.28. The van der Waals surface area contributed by atoms with E-state index < -0.39 is 23.4 Å². The second kappa shape index (κ2) is 6.80. The fourth-order valence-corrected chi connectivity index (χ4v) is 3.99. The van der Waals surface area contributed by atoms with Crippen LogP contribution < -0.4 is 15.4 Å². The van der Waals surface area contributed by atoms with Gasteiger partial charge in [0.25, 0.3) is 11.8 Å². The first-order valence-electron chi connectivity index (χ1n) is 9.55. The molecule has 3 N–H and O–H groups in total. The average molecular weight is 436 g/mol. The number of hydrogen-bond acceptors (Lipinski definition) is 7. The number of fused-ring (bicyclic) bond motifs is 2. The Hall–Kier alpha value is -4.41. The van der Waals surface area contributed by atoms with Gasteiger partial charge in [0.15, 0.2) is 11.1 Å². The number of aromatic nitrogens is 1. The maximum absolute atomic E-state index is 13.0. The molecule has 3 aromatic rings. The van der Waals surface area contributed by atoms with Crippen molar-refractivity contribution in [2.24, 2.45) is 0 Å². The minimum atomic E-state index is -1.71. The molecule has 0 bridgehead atoms. The van der Waals surface area contributed by atoms with Crippen LogP contribution in [-0.4, -0.2) is 52.5 Å². The monoisotopic (exact) mass is 436 g/mol. The van der Waals surface area contributed by atoms with E-state index in [4.69, 9.17) is 14.3 Å². The lowest BCUT2D eigenvalue weighted by atomic mass is 9.95.